The van der Waals surface area contributed by atoms with Crippen LogP contribution in [-0.2, 0) is 9.59 Å². The lowest BCUT2D eigenvalue weighted by atomic mass is 10.3. The predicted octanol–water partition coefficient (Wildman–Crippen LogP) is 1.55. The van der Waals surface area contributed by atoms with Gasteiger partial charge in [0.1, 0.15) is 16.2 Å². The molecular weight excluding hydrogens is 382 g/mol. The summed E-state index contributed by atoms with van der Waals surface area (Å²) in [5, 5.41) is 3.88. The van der Waals surface area contributed by atoms with Crippen molar-refractivity contribution in [3.8, 4) is 0 Å². The fourth-order valence-electron chi connectivity index (χ4n) is 3.52. The molecule has 27 heavy (non-hydrogen) atoms. The molecule has 0 spiro atoms. The molecule has 2 amide bonds. The number of hydrogen-bond donors (Lipinski definition) is 0. The van der Waals surface area contributed by atoms with Gasteiger partial charge in [0.2, 0.25) is 11.8 Å². The number of aromatic nitrogens is 2. The number of rotatable bonds is 5. The van der Waals surface area contributed by atoms with Gasteiger partial charge in [-0.3, -0.25) is 14.5 Å². The summed E-state index contributed by atoms with van der Waals surface area (Å²) in [5.74, 6) is 0.744. The van der Waals surface area contributed by atoms with E-state index in [2.05, 4.69) is 14.9 Å². The van der Waals surface area contributed by atoms with E-state index in [0.717, 1.165) is 54.3 Å². The van der Waals surface area contributed by atoms with Crippen LogP contribution in [0.4, 0.5) is 0 Å². The summed E-state index contributed by atoms with van der Waals surface area (Å²) in [5.41, 5.74) is 0. The number of thiophene rings is 1. The van der Waals surface area contributed by atoms with Crippen LogP contribution >= 0.6 is 23.1 Å². The van der Waals surface area contributed by atoms with Crippen LogP contribution in [0.3, 0.4) is 0 Å². The van der Waals surface area contributed by atoms with Crippen LogP contribution in [0, 0.1) is 0 Å². The van der Waals surface area contributed by atoms with Gasteiger partial charge in [0.15, 0.2) is 0 Å². The van der Waals surface area contributed by atoms with Gasteiger partial charge < -0.3 is 9.80 Å². The number of piperazine rings is 1. The summed E-state index contributed by atoms with van der Waals surface area (Å²) in [6.07, 6.45) is 3.80. The summed E-state index contributed by atoms with van der Waals surface area (Å²) in [6, 6.07) is 2.00. The van der Waals surface area contributed by atoms with Gasteiger partial charge >= 0.3 is 0 Å². The minimum atomic E-state index is 0.132. The maximum absolute atomic E-state index is 12.6. The van der Waals surface area contributed by atoms with Crippen LogP contribution in [-0.4, -0.2) is 88.0 Å². The normalized spacial score (nSPS) is 18.4. The Morgan fingerprint density at radius 1 is 1.00 bits per heavy atom. The zero-order valence-corrected chi connectivity index (χ0v) is 16.8. The molecule has 0 unspecified atom stereocenters. The van der Waals surface area contributed by atoms with Crippen molar-refractivity contribution in [3.63, 3.8) is 0 Å². The highest BCUT2D eigenvalue weighted by atomic mass is 32.2. The Kier molecular flexibility index (Phi) is 5.89. The van der Waals surface area contributed by atoms with E-state index in [1.54, 1.807) is 17.7 Å². The van der Waals surface area contributed by atoms with E-state index in [-0.39, 0.29) is 11.8 Å². The molecule has 4 heterocycles. The molecule has 0 atom stereocenters. The molecule has 2 aromatic heterocycles. The summed E-state index contributed by atoms with van der Waals surface area (Å²) >= 11 is 3.06. The van der Waals surface area contributed by atoms with Crippen LogP contribution in [0.5, 0.6) is 0 Å². The highest BCUT2D eigenvalue weighted by molar-refractivity contribution is 8.00. The van der Waals surface area contributed by atoms with E-state index in [1.807, 2.05) is 21.2 Å². The molecule has 0 aromatic carbocycles. The number of thioether (sulfide) groups is 1. The van der Waals surface area contributed by atoms with Crippen molar-refractivity contribution in [1.29, 1.82) is 0 Å². The fraction of sp³-hybridized carbons (Fsp3) is 0.556. The third-order valence-corrected chi connectivity index (χ3v) is 6.91. The number of hydrogen-bond acceptors (Lipinski definition) is 7. The van der Waals surface area contributed by atoms with Crippen molar-refractivity contribution >= 4 is 45.1 Å². The smallest absolute Gasteiger partial charge is 0.236 e. The highest BCUT2D eigenvalue weighted by Crippen LogP contribution is 2.27. The Bertz CT molecular complexity index is 813. The van der Waals surface area contributed by atoms with Crippen molar-refractivity contribution in [1.82, 2.24) is 24.7 Å². The summed E-state index contributed by atoms with van der Waals surface area (Å²) < 4.78 is 0. The van der Waals surface area contributed by atoms with Crippen LogP contribution < -0.4 is 0 Å². The topological polar surface area (TPSA) is 69.6 Å². The molecule has 9 heteroatoms. The van der Waals surface area contributed by atoms with Gasteiger partial charge in [-0.05, 0) is 24.3 Å². The van der Waals surface area contributed by atoms with Crippen molar-refractivity contribution in [2.24, 2.45) is 0 Å². The van der Waals surface area contributed by atoms with E-state index < -0.39 is 0 Å². The fourth-order valence-corrected chi connectivity index (χ4v) is 5.20. The van der Waals surface area contributed by atoms with Crippen LogP contribution in [0.15, 0.2) is 22.8 Å². The van der Waals surface area contributed by atoms with Gasteiger partial charge in [0.25, 0.3) is 0 Å². The Hall–Kier alpha value is -1.71. The van der Waals surface area contributed by atoms with Crippen LogP contribution in [0.1, 0.15) is 12.8 Å². The van der Waals surface area contributed by atoms with E-state index in [1.165, 1.54) is 11.8 Å². The van der Waals surface area contributed by atoms with Crippen molar-refractivity contribution in [2.75, 3.05) is 51.6 Å². The van der Waals surface area contributed by atoms with E-state index in [9.17, 15) is 9.59 Å². The Morgan fingerprint density at radius 2 is 1.74 bits per heavy atom. The molecule has 2 aliphatic rings. The predicted molar refractivity (Wildman–Crippen MR) is 107 cm³/mol. The molecule has 0 radical (unpaired) electrons. The monoisotopic (exact) mass is 405 g/mol. The molecular formula is C18H23N5O2S2. The SMILES string of the molecule is O=C(CSc1ncnc2sccc12)N1CCN(CC(=O)N2CCCC2)CC1. The van der Waals surface area contributed by atoms with Gasteiger partial charge in [-0.15, -0.1) is 11.3 Å². The Balaban J connectivity index is 1.24. The van der Waals surface area contributed by atoms with Gasteiger partial charge in [-0.2, -0.15) is 0 Å². The quantitative estimate of drug-likeness (QED) is 0.555. The minimum Gasteiger partial charge on any atom is -0.342 e. The van der Waals surface area contributed by atoms with Gasteiger partial charge in [0, 0.05) is 44.7 Å². The number of likely N-dealkylation sites (tertiary alicyclic amines) is 1. The summed E-state index contributed by atoms with van der Waals surface area (Å²) in [4.78, 5) is 40.4. The molecule has 144 valence electrons. The second-order valence-corrected chi connectivity index (χ2v) is 8.71. The molecule has 4 rings (SSSR count). The van der Waals surface area contributed by atoms with E-state index >= 15 is 0 Å². The number of carbonyl (C=O) groups is 2. The zero-order valence-electron chi connectivity index (χ0n) is 15.2. The van der Waals surface area contributed by atoms with Gasteiger partial charge in [-0.25, -0.2) is 9.97 Å². The summed E-state index contributed by atoms with van der Waals surface area (Å²) in [6.45, 7) is 5.17. The second kappa shape index (κ2) is 8.53. The zero-order chi connectivity index (χ0) is 18.6. The standard InChI is InChI=1S/C18H23N5O2S2/c24-15(22-4-1-2-5-22)11-21-6-8-23(9-7-21)16(25)12-27-18-14-3-10-26-17(14)19-13-20-18/h3,10,13H,1-2,4-9,11-12H2. The summed E-state index contributed by atoms with van der Waals surface area (Å²) in [7, 11) is 0. The molecule has 2 aromatic rings. The average Bonchev–Trinajstić information content (AvgIpc) is 3.38. The first-order chi connectivity index (χ1) is 13.2. The molecule has 0 N–H and O–H groups in total. The first-order valence-corrected chi connectivity index (χ1v) is 11.2. The second-order valence-electron chi connectivity index (χ2n) is 6.85. The first kappa shape index (κ1) is 18.6. The Labute approximate surface area is 166 Å². The molecule has 0 aliphatic carbocycles. The van der Waals surface area contributed by atoms with Crippen molar-refractivity contribution < 1.29 is 9.59 Å². The molecule has 2 fully saturated rings. The van der Waals surface area contributed by atoms with Crippen molar-refractivity contribution in [3.05, 3.63) is 17.8 Å². The number of fused-ring (bicyclic) bond motifs is 1. The average molecular weight is 406 g/mol. The number of carbonyl (C=O) groups excluding carboxylic acids is 2. The van der Waals surface area contributed by atoms with Crippen LogP contribution in [0.2, 0.25) is 0 Å². The lowest BCUT2D eigenvalue weighted by Crippen LogP contribution is -2.51. The molecule has 0 bridgehead atoms. The highest BCUT2D eigenvalue weighted by Gasteiger charge is 2.25. The lowest BCUT2D eigenvalue weighted by molar-refractivity contribution is -0.133. The third kappa shape index (κ3) is 4.41. The Morgan fingerprint density at radius 3 is 2.52 bits per heavy atom. The number of amides is 2. The van der Waals surface area contributed by atoms with Crippen molar-refractivity contribution in [2.45, 2.75) is 17.9 Å². The molecule has 2 saturated heterocycles. The van der Waals surface area contributed by atoms with E-state index in [4.69, 9.17) is 0 Å². The minimum absolute atomic E-state index is 0.132. The van der Waals surface area contributed by atoms with E-state index in [0.29, 0.717) is 25.4 Å². The maximum atomic E-state index is 12.6. The molecule has 2 aliphatic heterocycles. The largest absolute Gasteiger partial charge is 0.342 e. The molecule has 7 nitrogen and oxygen atoms in total. The lowest BCUT2D eigenvalue weighted by Gasteiger charge is -2.35. The van der Waals surface area contributed by atoms with Crippen LogP contribution in [0.25, 0.3) is 10.2 Å². The van der Waals surface area contributed by atoms with Gasteiger partial charge in [-0.1, -0.05) is 11.8 Å². The third-order valence-electron chi connectivity index (χ3n) is 5.10. The molecule has 0 saturated carbocycles. The first-order valence-electron chi connectivity index (χ1n) is 9.29. The number of nitrogens with zero attached hydrogens (tertiary/aromatic N) is 5. The van der Waals surface area contributed by atoms with Gasteiger partial charge in [0.05, 0.1) is 12.3 Å². The maximum Gasteiger partial charge on any atom is 0.236 e.